The summed E-state index contributed by atoms with van der Waals surface area (Å²) in [5.74, 6) is 0.179. The van der Waals surface area contributed by atoms with Crippen LogP contribution in [-0.4, -0.2) is 65.7 Å². The second-order valence-corrected chi connectivity index (χ2v) is 6.99. The molecule has 1 N–H and O–H groups in total. The van der Waals surface area contributed by atoms with E-state index in [1.165, 1.54) is 0 Å². The highest BCUT2D eigenvalue weighted by molar-refractivity contribution is 5.96. The molecule has 1 aliphatic heterocycles. The number of carbonyl (C=O) groups excluding carboxylic acids is 1. The van der Waals surface area contributed by atoms with Gasteiger partial charge in [0.15, 0.2) is 0 Å². The van der Waals surface area contributed by atoms with Gasteiger partial charge >= 0.3 is 0 Å². The van der Waals surface area contributed by atoms with Gasteiger partial charge in [-0.3, -0.25) is 9.69 Å². The van der Waals surface area contributed by atoms with Crippen molar-refractivity contribution < 1.29 is 14.6 Å². The Morgan fingerprint density at radius 3 is 2.67 bits per heavy atom. The number of aliphatic hydroxyl groups is 1. The van der Waals surface area contributed by atoms with E-state index in [0.29, 0.717) is 31.0 Å². The maximum Gasteiger partial charge on any atom is 0.259 e. The summed E-state index contributed by atoms with van der Waals surface area (Å²) in [6.07, 6.45) is 1.54. The van der Waals surface area contributed by atoms with Gasteiger partial charge in [-0.1, -0.05) is 30.3 Å². The van der Waals surface area contributed by atoms with Crippen LogP contribution in [0.2, 0.25) is 0 Å². The molecule has 1 saturated heterocycles. The molecule has 0 unspecified atom stereocenters. The third kappa shape index (κ3) is 3.55. The first kappa shape index (κ1) is 19.3. The molecule has 1 aromatic heterocycles. The fourth-order valence-corrected chi connectivity index (χ4v) is 3.93. The lowest BCUT2D eigenvalue weighted by Crippen LogP contribution is -2.60. The summed E-state index contributed by atoms with van der Waals surface area (Å²) in [5.41, 5.74) is 0.977. The molecule has 0 radical (unpaired) electrons. The Hall–Kier alpha value is -2.44. The number of aromatic nitrogens is 1. The standard InChI is InChI=1S/C21H27N3O3/c1-4-27-19-17(11-8-13-22-19)20(26)24-14-12-21(23(2)3,18(25)15-24)16-9-6-5-7-10-16/h5-11,13,18,25H,4,12,14-15H2,1-3H3/t18-,21+/m1/s1. The van der Waals surface area contributed by atoms with E-state index < -0.39 is 11.6 Å². The highest BCUT2D eigenvalue weighted by atomic mass is 16.5. The number of piperidine rings is 1. The van der Waals surface area contributed by atoms with Crippen LogP contribution in [0.1, 0.15) is 29.3 Å². The quantitative estimate of drug-likeness (QED) is 0.875. The van der Waals surface area contributed by atoms with Gasteiger partial charge in [0.05, 0.1) is 18.2 Å². The molecule has 1 amide bonds. The van der Waals surface area contributed by atoms with Crippen molar-refractivity contribution in [2.75, 3.05) is 33.8 Å². The molecule has 27 heavy (non-hydrogen) atoms. The van der Waals surface area contributed by atoms with E-state index in [0.717, 1.165) is 5.56 Å². The topological polar surface area (TPSA) is 65.9 Å². The van der Waals surface area contributed by atoms with Gasteiger partial charge in [0.1, 0.15) is 5.56 Å². The second-order valence-electron chi connectivity index (χ2n) is 6.99. The number of ether oxygens (including phenoxy) is 1. The Morgan fingerprint density at radius 2 is 2.04 bits per heavy atom. The van der Waals surface area contributed by atoms with Crippen LogP contribution in [0.25, 0.3) is 0 Å². The number of β-amino-alcohol motifs (C(OH)–C–C–N with tert-alkyl or cyclic N) is 1. The van der Waals surface area contributed by atoms with Gasteiger partial charge in [0, 0.05) is 19.3 Å². The highest BCUT2D eigenvalue weighted by Crippen LogP contribution is 2.38. The van der Waals surface area contributed by atoms with Crippen LogP contribution < -0.4 is 4.74 Å². The van der Waals surface area contributed by atoms with Crippen LogP contribution in [0.5, 0.6) is 5.88 Å². The van der Waals surface area contributed by atoms with Gasteiger partial charge in [-0.2, -0.15) is 0 Å². The Balaban J connectivity index is 1.85. The van der Waals surface area contributed by atoms with Crippen molar-refractivity contribution >= 4 is 5.91 Å². The average Bonchev–Trinajstić information content (AvgIpc) is 2.68. The van der Waals surface area contributed by atoms with Crippen molar-refractivity contribution in [3.05, 3.63) is 59.8 Å². The summed E-state index contributed by atoms with van der Waals surface area (Å²) in [6, 6.07) is 13.4. The van der Waals surface area contributed by atoms with Crippen molar-refractivity contribution in [1.29, 1.82) is 0 Å². The fourth-order valence-electron chi connectivity index (χ4n) is 3.93. The third-order valence-electron chi connectivity index (χ3n) is 5.35. The summed E-state index contributed by atoms with van der Waals surface area (Å²) >= 11 is 0. The number of hydrogen-bond donors (Lipinski definition) is 1. The highest BCUT2D eigenvalue weighted by Gasteiger charge is 2.46. The number of pyridine rings is 1. The van der Waals surface area contributed by atoms with E-state index in [4.69, 9.17) is 4.74 Å². The molecule has 0 spiro atoms. The molecular weight excluding hydrogens is 342 g/mol. The number of amides is 1. The van der Waals surface area contributed by atoms with Gasteiger partial charge in [-0.15, -0.1) is 0 Å². The Bertz CT molecular complexity index is 781. The molecular formula is C21H27N3O3. The van der Waals surface area contributed by atoms with E-state index in [-0.39, 0.29) is 12.5 Å². The largest absolute Gasteiger partial charge is 0.477 e. The van der Waals surface area contributed by atoms with Crippen LogP contribution in [0.4, 0.5) is 0 Å². The number of aliphatic hydroxyl groups excluding tert-OH is 1. The zero-order valence-electron chi connectivity index (χ0n) is 16.1. The number of likely N-dealkylation sites (N-methyl/N-ethyl adjacent to an activating group) is 1. The predicted octanol–water partition coefficient (Wildman–Crippen LogP) is 2.14. The molecule has 6 nitrogen and oxygen atoms in total. The fraction of sp³-hybridized carbons (Fsp3) is 0.429. The zero-order valence-corrected chi connectivity index (χ0v) is 16.1. The molecule has 0 bridgehead atoms. The van der Waals surface area contributed by atoms with E-state index in [1.807, 2.05) is 51.4 Å². The van der Waals surface area contributed by atoms with Crippen molar-refractivity contribution in [1.82, 2.24) is 14.8 Å². The summed E-state index contributed by atoms with van der Waals surface area (Å²) in [4.78, 5) is 21.0. The predicted molar refractivity (Wildman–Crippen MR) is 104 cm³/mol. The SMILES string of the molecule is CCOc1ncccc1C(=O)N1CC[C@@](c2ccccc2)(N(C)C)[C@H](O)C1. The van der Waals surface area contributed by atoms with Crippen LogP contribution in [0, 0.1) is 0 Å². The molecule has 2 heterocycles. The summed E-state index contributed by atoms with van der Waals surface area (Å²) in [7, 11) is 3.95. The molecule has 0 saturated carbocycles. The van der Waals surface area contributed by atoms with Gasteiger partial charge in [-0.25, -0.2) is 4.98 Å². The minimum absolute atomic E-state index is 0.161. The van der Waals surface area contributed by atoms with Gasteiger partial charge in [-0.05, 0) is 45.1 Å². The Morgan fingerprint density at radius 1 is 1.30 bits per heavy atom. The smallest absolute Gasteiger partial charge is 0.259 e. The first-order valence-electron chi connectivity index (χ1n) is 9.28. The lowest BCUT2D eigenvalue weighted by molar-refractivity contribution is -0.0612. The minimum Gasteiger partial charge on any atom is -0.477 e. The molecule has 1 fully saturated rings. The summed E-state index contributed by atoms with van der Waals surface area (Å²) in [5, 5.41) is 11.1. The maximum atomic E-state index is 13.0. The molecule has 2 aromatic rings. The lowest BCUT2D eigenvalue weighted by Gasteiger charge is -2.49. The molecule has 144 valence electrons. The molecule has 0 aliphatic carbocycles. The van der Waals surface area contributed by atoms with Gasteiger partial charge in [0.25, 0.3) is 5.91 Å². The minimum atomic E-state index is -0.709. The van der Waals surface area contributed by atoms with Crippen LogP contribution in [0.3, 0.4) is 0 Å². The monoisotopic (exact) mass is 369 g/mol. The molecule has 1 aromatic carbocycles. The van der Waals surface area contributed by atoms with Crippen molar-refractivity contribution in [2.24, 2.45) is 0 Å². The number of rotatable bonds is 5. The van der Waals surface area contributed by atoms with E-state index >= 15 is 0 Å². The third-order valence-corrected chi connectivity index (χ3v) is 5.35. The van der Waals surface area contributed by atoms with Gasteiger partial charge < -0.3 is 14.7 Å². The van der Waals surface area contributed by atoms with Crippen LogP contribution in [0.15, 0.2) is 48.7 Å². The lowest BCUT2D eigenvalue weighted by atomic mass is 9.77. The average molecular weight is 369 g/mol. The van der Waals surface area contributed by atoms with E-state index in [1.54, 1.807) is 23.2 Å². The first-order valence-corrected chi connectivity index (χ1v) is 9.28. The number of benzene rings is 1. The number of hydrogen-bond acceptors (Lipinski definition) is 5. The van der Waals surface area contributed by atoms with Crippen molar-refractivity contribution in [2.45, 2.75) is 25.0 Å². The van der Waals surface area contributed by atoms with Crippen molar-refractivity contribution in [3.8, 4) is 5.88 Å². The second kappa shape index (κ2) is 8.06. The number of nitrogens with zero attached hydrogens (tertiary/aromatic N) is 3. The zero-order chi connectivity index (χ0) is 19.4. The normalized spacial score (nSPS) is 22.7. The first-order chi connectivity index (χ1) is 13.0. The number of likely N-dealkylation sites (tertiary alicyclic amines) is 1. The summed E-state index contributed by atoms with van der Waals surface area (Å²) in [6.45, 7) is 3.10. The van der Waals surface area contributed by atoms with Crippen molar-refractivity contribution in [3.63, 3.8) is 0 Å². The molecule has 1 aliphatic rings. The molecule has 2 atom stereocenters. The Kier molecular flexibility index (Phi) is 5.77. The van der Waals surface area contributed by atoms with Crippen LogP contribution in [-0.2, 0) is 5.54 Å². The van der Waals surface area contributed by atoms with Gasteiger partial charge in [0.2, 0.25) is 5.88 Å². The maximum absolute atomic E-state index is 13.0. The molecule has 6 heteroatoms. The number of carbonyl (C=O) groups is 1. The van der Waals surface area contributed by atoms with E-state index in [9.17, 15) is 9.90 Å². The molecule has 3 rings (SSSR count). The van der Waals surface area contributed by atoms with Crippen LogP contribution >= 0.6 is 0 Å². The Labute approximate surface area is 160 Å². The summed E-state index contributed by atoms with van der Waals surface area (Å²) < 4.78 is 5.49. The van der Waals surface area contributed by atoms with E-state index in [2.05, 4.69) is 9.88 Å².